The number of benzene rings is 15. The number of para-hydroxylation sites is 3. The van der Waals surface area contributed by atoms with Crippen LogP contribution in [0.4, 0.5) is 34.1 Å². The van der Waals surface area contributed by atoms with E-state index in [0.29, 0.717) is 0 Å². The van der Waals surface area contributed by atoms with Gasteiger partial charge in [0.25, 0.3) is 0 Å². The molecule has 106 heavy (non-hydrogen) atoms. The Morgan fingerprint density at radius 3 is 1.29 bits per heavy atom. The zero-order valence-corrected chi connectivity index (χ0v) is 58.2. The predicted molar refractivity (Wildman–Crippen MR) is 438 cm³/mol. The van der Waals surface area contributed by atoms with Crippen LogP contribution in [0.15, 0.2) is 371 Å². The topological polar surface area (TPSA) is 55.1 Å². The summed E-state index contributed by atoms with van der Waals surface area (Å²) in [5, 5.41) is 6.31. The first kappa shape index (κ1) is 61.0. The van der Waals surface area contributed by atoms with Crippen molar-refractivity contribution in [2.45, 2.75) is 25.4 Å². The highest BCUT2D eigenvalue weighted by atomic mass is 16.5. The van der Waals surface area contributed by atoms with Crippen LogP contribution in [-0.4, -0.2) is 6.10 Å². The molecule has 0 fully saturated rings. The lowest BCUT2D eigenvalue weighted by Gasteiger charge is -2.28. The number of allylic oxidation sites excluding steroid dienone is 4. The molecule has 1 unspecified atom stereocenters. The molecule has 2 bridgehead atoms. The molecule has 21 rings (SSSR count). The molecule has 0 spiro atoms. The van der Waals surface area contributed by atoms with Gasteiger partial charge in [-0.05, 0) is 211 Å². The summed E-state index contributed by atoms with van der Waals surface area (Å²) in [6, 6.07) is 118. The third-order valence-electron chi connectivity index (χ3n) is 22.1. The number of ether oxygens (including phenoxy) is 1. The smallest absolute Gasteiger partial charge is 0.144 e. The highest BCUT2D eigenvalue weighted by Gasteiger charge is 2.37. The Kier molecular flexibility index (Phi) is 14.0. The molecule has 1 aliphatic heterocycles. The fourth-order valence-corrected chi connectivity index (χ4v) is 16.9. The Balaban J connectivity index is 0.607. The molecule has 3 aliphatic rings. The van der Waals surface area contributed by atoms with Gasteiger partial charge in [0.2, 0.25) is 0 Å². The van der Waals surface area contributed by atoms with Gasteiger partial charge in [-0.1, -0.05) is 244 Å². The first-order valence-corrected chi connectivity index (χ1v) is 36.4. The summed E-state index contributed by atoms with van der Waals surface area (Å²) in [6.45, 7) is 4.77. The SMILES string of the molecule is CC1(C)c2cc(-c3cccc(-c4ccc(N(c5ccc(-c6ccccc6)cc5)c5ccc(-c6c7c(cc8c6oc6ccccc68)OC6C=CC=CC7=C6)cc5)cc4)c3)ccc2-c2ccc(N(c3ccc(-c4ccccc4)cc3)c3ccc(-c4c5oc6ccccc6c5cc5oc6ccccc6c45)cc3)cc21. The summed E-state index contributed by atoms with van der Waals surface area (Å²) in [5.74, 6) is 0.853. The number of anilines is 6. The lowest BCUT2D eigenvalue weighted by molar-refractivity contribution is 0.292. The summed E-state index contributed by atoms with van der Waals surface area (Å²) >= 11 is 0. The number of hydrogen-bond donors (Lipinski definition) is 0. The quantitative estimate of drug-likeness (QED) is 0.121. The van der Waals surface area contributed by atoms with Crippen molar-refractivity contribution in [1.29, 1.82) is 0 Å². The van der Waals surface area contributed by atoms with Gasteiger partial charge in [0, 0.05) is 88.5 Å². The summed E-state index contributed by atoms with van der Waals surface area (Å²) in [7, 11) is 0. The van der Waals surface area contributed by atoms with Gasteiger partial charge in [-0.3, -0.25) is 0 Å². The van der Waals surface area contributed by atoms with Crippen LogP contribution in [0.25, 0.3) is 149 Å². The van der Waals surface area contributed by atoms with Crippen LogP contribution in [0.2, 0.25) is 0 Å². The van der Waals surface area contributed by atoms with Gasteiger partial charge in [0.15, 0.2) is 0 Å². The highest BCUT2D eigenvalue weighted by molar-refractivity contribution is 6.24. The van der Waals surface area contributed by atoms with Crippen molar-refractivity contribution >= 4 is 106 Å². The summed E-state index contributed by atoms with van der Waals surface area (Å²) in [4.78, 5) is 4.75. The van der Waals surface area contributed by atoms with E-state index < -0.39 is 0 Å². The molecule has 3 aromatic heterocycles. The third-order valence-corrected chi connectivity index (χ3v) is 22.1. The Bertz CT molecular complexity index is 6650. The van der Waals surface area contributed by atoms with E-state index in [1.54, 1.807) is 0 Å². The molecule has 6 heteroatoms. The fourth-order valence-electron chi connectivity index (χ4n) is 16.9. The van der Waals surface area contributed by atoms with Crippen molar-refractivity contribution in [1.82, 2.24) is 0 Å². The first-order chi connectivity index (χ1) is 52.3. The van der Waals surface area contributed by atoms with E-state index in [0.717, 1.165) is 161 Å². The van der Waals surface area contributed by atoms with Gasteiger partial charge in [0.05, 0.1) is 0 Å². The zero-order valence-electron chi connectivity index (χ0n) is 58.2. The van der Waals surface area contributed by atoms with E-state index in [2.05, 4.69) is 345 Å². The van der Waals surface area contributed by atoms with Gasteiger partial charge in [-0.15, -0.1) is 0 Å². The van der Waals surface area contributed by atoms with Crippen LogP contribution < -0.4 is 14.5 Å². The summed E-state index contributed by atoms with van der Waals surface area (Å²) in [5.41, 5.74) is 31.8. The molecule has 0 saturated carbocycles. The normalized spacial score (nSPS) is 14.0. The van der Waals surface area contributed by atoms with Crippen molar-refractivity contribution < 1.29 is 18.0 Å². The van der Waals surface area contributed by atoms with Crippen molar-refractivity contribution in [3.63, 3.8) is 0 Å². The lowest BCUT2D eigenvalue weighted by Crippen LogP contribution is -2.16. The van der Waals surface area contributed by atoms with Crippen molar-refractivity contribution in [2.24, 2.45) is 0 Å². The molecule has 500 valence electrons. The van der Waals surface area contributed by atoms with Crippen LogP contribution in [0, 0.1) is 0 Å². The molecular weight excluding hydrogens is 1290 g/mol. The van der Waals surface area contributed by atoms with E-state index >= 15 is 0 Å². The molecule has 6 nitrogen and oxygen atoms in total. The lowest BCUT2D eigenvalue weighted by atomic mass is 9.81. The second-order valence-electron chi connectivity index (χ2n) is 28.6. The number of nitrogens with zero attached hydrogens (tertiary/aromatic N) is 2. The van der Waals surface area contributed by atoms with E-state index in [1.165, 1.54) is 44.5 Å². The van der Waals surface area contributed by atoms with Crippen LogP contribution in [0.1, 0.15) is 30.5 Å². The van der Waals surface area contributed by atoms with E-state index in [9.17, 15) is 0 Å². The van der Waals surface area contributed by atoms with Gasteiger partial charge in [0.1, 0.15) is 45.4 Å². The molecule has 2 aliphatic carbocycles. The maximum Gasteiger partial charge on any atom is 0.144 e. The van der Waals surface area contributed by atoms with Gasteiger partial charge < -0.3 is 27.8 Å². The average molecular weight is 1360 g/mol. The Hall–Kier alpha value is -13.7. The van der Waals surface area contributed by atoms with E-state index in [-0.39, 0.29) is 11.5 Å². The molecule has 0 amide bonds. The minimum Gasteiger partial charge on any atom is -0.482 e. The monoisotopic (exact) mass is 1360 g/mol. The number of rotatable bonds is 12. The average Bonchev–Trinajstić information content (AvgIpc) is 1.57. The summed E-state index contributed by atoms with van der Waals surface area (Å²) in [6.07, 6.45) is 10.5. The summed E-state index contributed by atoms with van der Waals surface area (Å²) < 4.78 is 26.9. The minimum absolute atomic E-state index is 0.153. The molecule has 18 aromatic rings. The number of furan rings is 3. The van der Waals surface area contributed by atoms with Crippen molar-refractivity contribution in [3.8, 4) is 83.6 Å². The van der Waals surface area contributed by atoms with E-state index in [4.69, 9.17) is 18.0 Å². The molecule has 1 atom stereocenters. The fraction of sp³-hybridized carbons (Fsp3) is 0.0400. The molecule has 0 radical (unpaired) electrons. The Labute approximate surface area is 613 Å². The predicted octanol–water partition coefficient (Wildman–Crippen LogP) is 27.9. The van der Waals surface area contributed by atoms with E-state index in [1.807, 2.05) is 36.4 Å². The Morgan fingerprint density at radius 2 is 0.708 bits per heavy atom. The van der Waals surface area contributed by atoms with Gasteiger partial charge >= 0.3 is 0 Å². The van der Waals surface area contributed by atoms with Crippen molar-refractivity contribution in [2.75, 3.05) is 9.80 Å². The Morgan fingerprint density at radius 1 is 0.292 bits per heavy atom. The molecule has 4 heterocycles. The largest absolute Gasteiger partial charge is 0.482 e. The van der Waals surface area contributed by atoms with Crippen LogP contribution in [0.3, 0.4) is 0 Å². The molecule has 15 aromatic carbocycles. The van der Waals surface area contributed by atoms with Crippen LogP contribution >= 0.6 is 0 Å². The molecule has 0 saturated heterocycles. The molecular formula is C100H66N2O4. The first-order valence-electron chi connectivity index (χ1n) is 36.4. The second-order valence-corrected chi connectivity index (χ2v) is 28.6. The maximum atomic E-state index is 6.80. The van der Waals surface area contributed by atoms with Gasteiger partial charge in [-0.25, -0.2) is 0 Å². The standard InChI is InChI=1S/C100H66N2O4/c1-100(2)87-58-71(42-54-80(87)81-55-53-78(59-88(81)100)102(76-45-34-65(35-46-76)63-20-7-4-8-21-63)77-51-40-68(41-52-77)96-97-84-28-13-16-31-91(84)104-93(97)61-86-83-27-12-15-30-90(83)106-99(86)96)70-24-17-23-69(56-70)66-36-47-74(48-37-66)101(73-43-32-64(33-44-73)62-18-5-3-6-19-62)75-49-38-67(39-50-75)95-94-72-22-9-10-25-79(57-72)103-92(94)60-85-82-26-11-14-29-89(82)105-98(85)95/h3-61,79H,1-2H3. The zero-order chi connectivity index (χ0) is 70.1. The third kappa shape index (κ3) is 10.0. The number of fused-ring (bicyclic) bond motifs is 15. The molecule has 0 N–H and O–H groups in total. The minimum atomic E-state index is -0.322. The van der Waals surface area contributed by atoms with Crippen LogP contribution in [0.5, 0.6) is 5.75 Å². The highest BCUT2D eigenvalue weighted by Crippen LogP contribution is 2.54. The number of hydrogen-bond acceptors (Lipinski definition) is 6. The maximum absolute atomic E-state index is 6.80. The van der Waals surface area contributed by atoms with Gasteiger partial charge in [-0.2, -0.15) is 0 Å². The second kappa shape index (κ2) is 24.2. The van der Waals surface area contributed by atoms with Crippen molar-refractivity contribution in [3.05, 3.63) is 375 Å². The van der Waals surface area contributed by atoms with Crippen LogP contribution in [-0.2, 0) is 5.41 Å².